The van der Waals surface area contributed by atoms with E-state index in [1.54, 1.807) is 26.4 Å². The summed E-state index contributed by atoms with van der Waals surface area (Å²) in [5.74, 6) is 2.17. The first-order valence-electron chi connectivity index (χ1n) is 7.02. The smallest absolute Gasteiger partial charge is 0.167 e. The second-order valence-electron chi connectivity index (χ2n) is 5.23. The molecule has 1 aliphatic rings. The van der Waals surface area contributed by atoms with E-state index in [2.05, 4.69) is 0 Å². The van der Waals surface area contributed by atoms with Crippen LogP contribution in [0.1, 0.15) is 17.0 Å². The molecule has 5 heteroatoms. The van der Waals surface area contributed by atoms with Crippen molar-refractivity contribution in [2.75, 3.05) is 20.8 Å². The number of hydrogen-bond acceptors (Lipinski definition) is 5. The highest BCUT2D eigenvalue weighted by Gasteiger charge is 2.27. The maximum atomic E-state index is 10.0. The molecule has 1 heterocycles. The Balaban J connectivity index is 1.99. The normalized spacial score (nSPS) is 16.5. The maximum Gasteiger partial charge on any atom is 0.167 e. The molecule has 0 spiro atoms. The molecular formula is C17H18O5. The Labute approximate surface area is 128 Å². The summed E-state index contributed by atoms with van der Waals surface area (Å²) >= 11 is 0. The van der Waals surface area contributed by atoms with Crippen molar-refractivity contribution in [2.45, 2.75) is 12.3 Å². The number of fused-ring (bicyclic) bond motifs is 1. The van der Waals surface area contributed by atoms with Gasteiger partial charge in [0.05, 0.1) is 20.8 Å². The fourth-order valence-corrected chi connectivity index (χ4v) is 2.87. The van der Waals surface area contributed by atoms with Crippen molar-refractivity contribution >= 4 is 0 Å². The van der Waals surface area contributed by atoms with Gasteiger partial charge in [0.1, 0.15) is 17.2 Å². The molecule has 5 nitrogen and oxygen atoms in total. The topological polar surface area (TPSA) is 68.2 Å². The lowest BCUT2D eigenvalue weighted by atomic mass is 9.89. The summed E-state index contributed by atoms with van der Waals surface area (Å²) in [5.41, 5.74) is 1.67. The highest BCUT2D eigenvalue weighted by molar-refractivity contribution is 5.56. The van der Waals surface area contributed by atoms with Crippen molar-refractivity contribution in [2.24, 2.45) is 0 Å². The SMILES string of the molecule is COc1ccc2c(c1OC)CC(c1ccc(O)cc1O)CO2. The molecule has 2 aromatic carbocycles. The van der Waals surface area contributed by atoms with Crippen LogP contribution in [0.25, 0.3) is 0 Å². The van der Waals surface area contributed by atoms with Crippen LogP contribution in [0.2, 0.25) is 0 Å². The molecule has 0 aromatic heterocycles. The number of aromatic hydroxyl groups is 2. The zero-order valence-electron chi connectivity index (χ0n) is 12.5. The van der Waals surface area contributed by atoms with Gasteiger partial charge < -0.3 is 24.4 Å². The average molecular weight is 302 g/mol. The van der Waals surface area contributed by atoms with Gasteiger partial charge in [0, 0.05) is 23.1 Å². The minimum atomic E-state index is -0.0193. The third kappa shape index (κ3) is 2.39. The number of benzene rings is 2. The lowest BCUT2D eigenvalue weighted by Gasteiger charge is -2.28. The Hall–Kier alpha value is -2.56. The van der Waals surface area contributed by atoms with Crippen molar-refractivity contribution in [3.63, 3.8) is 0 Å². The molecule has 3 rings (SSSR count). The van der Waals surface area contributed by atoms with Crippen LogP contribution in [0.5, 0.6) is 28.7 Å². The van der Waals surface area contributed by atoms with Crippen LogP contribution >= 0.6 is 0 Å². The van der Waals surface area contributed by atoms with Crippen LogP contribution in [0.4, 0.5) is 0 Å². The van der Waals surface area contributed by atoms with Gasteiger partial charge in [-0.1, -0.05) is 6.07 Å². The maximum absolute atomic E-state index is 10.0. The molecule has 22 heavy (non-hydrogen) atoms. The number of ether oxygens (including phenoxy) is 3. The molecule has 2 N–H and O–H groups in total. The van der Waals surface area contributed by atoms with E-state index in [9.17, 15) is 10.2 Å². The second kappa shape index (κ2) is 5.67. The molecular weight excluding hydrogens is 284 g/mol. The summed E-state index contributed by atoms with van der Waals surface area (Å²) in [5, 5.41) is 19.5. The van der Waals surface area contributed by atoms with E-state index in [1.807, 2.05) is 12.1 Å². The van der Waals surface area contributed by atoms with Crippen molar-refractivity contribution in [1.29, 1.82) is 0 Å². The van der Waals surface area contributed by atoms with Gasteiger partial charge in [-0.2, -0.15) is 0 Å². The summed E-state index contributed by atoms with van der Waals surface area (Å²) in [6.07, 6.45) is 0.661. The molecule has 116 valence electrons. The Morgan fingerprint density at radius 3 is 2.59 bits per heavy atom. The quantitative estimate of drug-likeness (QED) is 0.912. The van der Waals surface area contributed by atoms with Crippen molar-refractivity contribution < 1.29 is 24.4 Å². The first-order chi connectivity index (χ1) is 10.6. The highest BCUT2D eigenvalue weighted by Crippen LogP contribution is 2.44. The fraction of sp³-hybridized carbons (Fsp3) is 0.294. The first kappa shape index (κ1) is 14.4. The summed E-state index contributed by atoms with van der Waals surface area (Å²) < 4.78 is 16.6. The van der Waals surface area contributed by atoms with Gasteiger partial charge in [0.2, 0.25) is 0 Å². The Bertz CT molecular complexity index is 696. The predicted molar refractivity (Wildman–Crippen MR) is 81.3 cm³/mol. The number of rotatable bonds is 3. The van der Waals surface area contributed by atoms with Crippen LogP contribution in [0.15, 0.2) is 30.3 Å². The molecule has 0 radical (unpaired) electrons. The summed E-state index contributed by atoms with van der Waals surface area (Å²) in [6, 6.07) is 8.30. The molecule has 0 bridgehead atoms. The van der Waals surface area contributed by atoms with Gasteiger partial charge in [-0.25, -0.2) is 0 Å². The summed E-state index contributed by atoms with van der Waals surface area (Å²) in [4.78, 5) is 0. The lowest BCUT2D eigenvalue weighted by molar-refractivity contribution is 0.252. The minimum Gasteiger partial charge on any atom is -0.508 e. The Morgan fingerprint density at radius 2 is 1.91 bits per heavy atom. The van der Waals surface area contributed by atoms with Crippen molar-refractivity contribution in [1.82, 2.24) is 0 Å². The second-order valence-corrected chi connectivity index (χ2v) is 5.23. The Morgan fingerprint density at radius 1 is 1.09 bits per heavy atom. The third-order valence-electron chi connectivity index (χ3n) is 3.95. The monoisotopic (exact) mass is 302 g/mol. The zero-order chi connectivity index (χ0) is 15.7. The Kier molecular flexibility index (Phi) is 3.71. The highest BCUT2D eigenvalue weighted by atomic mass is 16.5. The van der Waals surface area contributed by atoms with Crippen LogP contribution in [-0.2, 0) is 6.42 Å². The number of phenols is 2. The molecule has 0 fully saturated rings. The number of hydrogen-bond donors (Lipinski definition) is 2. The minimum absolute atomic E-state index is 0.0193. The van der Waals surface area contributed by atoms with Crippen LogP contribution < -0.4 is 14.2 Å². The summed E-state index contributed by atoms with van der Waals surface area (Å²) in [6.45, 7) is 0.459. The van der Waals surface area contributed by atoms with E-state index in [0.717, 1.165) is 16.9 Å². The largest absolute Gasteiger partial charge is 0.508 e. The van der Waals surface area contributed by atoms with Crippen LogP contribution in [0, 0.1) is 0 Å². The number of phenolic OH excluding ortho intramolecular Hbond substituents is 2. The van der Waals surface area contributed by atoms with Gasteiger partial charge in [-0.15, -0.1) is 0 Å². The lowest BCUT2D eigenvalue weighted by Crippen LogP contribution is -2.20. The average Bonchev–Trinajstić information content (AvgIpc) is 2.53. The molecule has 0 saturated heterocycles. The van der Waals surface area contributed by atoms with E-state index in [4.69, 9.17) is 14.2 Å². The molecule has 1 aliphatic heterocycles. The standard InChI is InChI=1S/C17H18O5/c1-20-16-6-5-15-13(17(16)21-2)7-10(9-22-15)12-4-3-11(18)8-14(12)19/h3-6,8,10,18-19H,7,9H2,1-2H3. The third-order valence-corrected chi connectivity index (χ3v) is 3.95. The van der Waals surface area contributed by atoms with E-state index in [-0.39, 0.29) is 17.4 Å². The van der Waals surface area contributed by atoms with Crippen molar-refractivity contribution in [3.05, 3.63) is 41.5 Å². The van der Waals surface area contributed by atoms with E-state index in [1.165, 1.54) is 6.07 Å². The molecule has 0 saturated carbocycles. The van der Waals surface area contributed by atoms with Gasteiger partial charge in [-0.05, 0) is 24.6 Å². The molecule has 2 aromatic rings. The van der Waals surface area contributed by atoms with Gasteiger partial charge in [-0.3, -0.25) is 0 Å². The van der Waals surface area contributed by atoms with Crippen LogP contribution in [-0.4, -0.2) is 31.0 Å². The first-order valence-corrected chi connectivity index (χ1v) is 7.02. The van der Waals surface area contributed by atoms with Gasteiger partial charge in [0.25, 0.3) is 0 Å². The van der Waals surface area contributed by atoms with Crippen LogP contribution in [0.3, 0.4) is 0 Å². The molecule has 0 aliphatic carbocycles. The number of methoxy groups -OCH3 is 2. The van der Waals surface area contributed by atoms with Gasteiger partial charge in [0.15, 0.2) is 11.5 Å². The predicted octanol–water partition coefficient (Wildman–Crippen LogP) is 2.83. The van der Waals surface area contributed by atoms with E-state index < -0.39 is 0 Å². The summed E-state index contributed by atoms with van der Waals surface area (Å²) in [7, 11) is 3.19. The van der Waals surface area contributed by atoms with Crippen molar-refractivity contribution in [3.8, 4) is 28.7 Å². The molecule has 1 atom stereocenters. The van der Waals surface area contributed by atoms with E-state index in [0.29, 0.717) is 24.5 Å². The zero-order valence-corrected chi connectivity index (χ0v) is 12.5. The fourth-order valence-electron chi connectivity index (χ4n) is 2.87. The van der Waals surface area contributed by atoms with E-state index >= 15 is 0 Å². The molecule has 1 unspecified atom stereocenters. The van der Waals surface area contributed by atoms with Gasteiger partial charge >= 0.3 is 0 Å². The molecule has 0 amide bonds.